The van der Waals surface area contributed by atoms with E-state index in [0.29, 0.717) is 0 Å². The molecule has 1 aliphatic rings. The highest BCUT2D eigenvalue weighted by atomic mass is 16.5. The average Bonchev–Trinajstić information content (AvgIpc) is 1.90. The molecule has 0 heterocycles. The van der Waals surface area contributed by atoms with Crippen molar-refractivity contribution in [1.29, 1.82) is 0 Å². The van der Waals surface area contributed by atoms with Gasteiger partial charge >= 0.3 is 0 Å². The van der Waals surface area contributed by atoms with Crippen molar-refractivity contribution in [3.63, 3.8) is 0 Å². The Kier molecular flexibility index (Phi) is 2.49. The Bertz CT molecular complexity index is 75.0. The maximum absolute atomic E-state index is 8.65. The molecule has 53 valence electrons. The fraction of sp³-hybridized carbons (Fsp3) is 0.857. The van der Waals surface area contributed by atoms with Gasteiger partial charge < -0.3 is 10.2 Å². The molecule has 0 bridgehead atoms. The quantitative estimate of drug-likeness (QED) is 0.566. The van der Waals surface area contributed by atoms with Gasteiger partial charge in [0.05, 0.1) is 0 Å². The van der Waals surface area contributed by atoms with Crippen LogP contribution in [0.3, 0.4) is 0 Å². The molecule has 1 rings (SSSR count). The van der Waals surface area contributed by atoms with Crippen LogP contribution in [-0.4, -0.2) is 10.2 Å². The molecule has 0 amide bonds. The van der Waals surface area contributed by atoms with Crippen molar-refractivity contribution in [2.45, 2.75) is 32.1 Å². The highest BCUT2D eigenvalue weighted by Crippen LogP contribution is 2.27. The van der Waals surface area contributed by atoms with Gasteiger partial charge in [-0.25, -0.2) is 0 Å². The minimum atomic E-state index is -0.352. The summed E-state index contributed by atoms with van der Waals surface area (Å²) in [4.78, 5) is 0. The molecule has 1 fully saturated rings. The molecule has 9 heavy (non-hydrogen) atoms. The minimum Gasteiger partial charge on any atom is -0.361 e. The van der Waals surface area contributed by atoms with Gasteiger partial charge in [-0.3, -0.25) is 0 Å². The Labute approximate surface area is 55.5 Å². The van der Waals surface area contributed by atoms with Crippen LogP contribution in [0.15, 0.2) is 0 Å². The normalized spacial score (nSPS) is 23.0. The van der Waals surface area contributed by atoms with Crippen molar-refractivity contribution in [2.75, 3.05) is 0 Å². The van der Waals surface area contributed by atoms with E-state index < -0.39 is 0 Å². The number of rotatable bonds is 1. The van der Waals surface area contributed by atoms with Crippen LogP contribution in [0.25, 0.3) is 0 Å². The summed E-state index contributed by atoms with van der Waals surface area (Å²) >= 11 is 0. The standard InChI is InChI=1S/C7H13O2/c8-7(9)6-4-2-1-3-5-6/h6,8-9H,1-5H2. The zero-order chi connectivity index (χ0) is 6.69. The molecule has 0 saturated heterocycles. The lowest BCUT2D eigenvalue weighted by molar-refractivity contribution is 0.0203. The van der Waals surface area contributed by atoms with Gasteiger partial charge in [0.1, 0.15) is 0 Å². The third-order valence-corrected chi connectivity index (χ3v) is 1.97. The summed E-state index contributed by atoms with van der Waals surface area (Å²) in [5.41, 5.74) is 0. The van der Waals surface area contributed by atoms with Crippen molar-refractivity contribution in [1.82, 2.24) is 0 Å². The molecule has 1 saturated carbocycles. The lowest BCUT2D eigenvalue weighted by Gasteiger charge is -2.21. The zero-order valence-electron chi connectivity index (χ0n) is 5.51. The zero-order valence-corrected chi connectivity index (χ0v) is 5.51. The van der Waals surface area contributed by atoms with Crippen LogP contribution in [0.5, 0.6) is 0 Å². The number of aliphatic hydroxyl groups excluding tert-OH is 1. The summed E-state index contributed by atoms with van der Waals surface area (Å²) in [6.07, 6.45) is 5.12. The summed E-state index contributed by atoms with van der Waals surface area (Å²) in [5.74, 6) is 0.0822. The van der Waals surface area contributed by atoms with E-state index in [2.05, 4.69) is 0 Å². The van der Waals surface area contributed by atoms with E-state index in [1.165, 1.54) is 6.42 Å². The highest BCUT2D eigenvalue weighted by molar-refractivity contribution is 4.76. The van der Waals surface area contributed by atoms with Crippen LogP contribution in [0, 0.1) is 12.2 Å². The maximum atomic E-state index is 8.65. The van der Waals surface area contributed by atoms with Gasteiger partial charge in [0.25, 0.3) is 0 Å². The molecule has 2 nitrogen and oxygen atoms in total. The predicted molar refractivity (Wildman–Crippen MR) is 33.7 cm³/mol. The minimum absolute atomic E-state index is 0.0822. The van der Waals surface area contributed by atoms with Gasteiger partial charge in [-0.15, -0.1) is 0 Å². The van der Waals surface area contributed by atoms with Crippen LogP contribution >= 0.6 is 0 Å². The number of hydrogen-bond donors (Lipinski definition) is 2. The molecule has 0 aromatic heterocycles. The Hall–Kier alpha value is -0.0800. The van der Waals surface area contributed by atoms with E-state index in [1.807, 2.05) is 0 Å². The molecular weight excluding hydrogens is 116 g/mol. The van der Waals surface area contributed by atoms with Crippen molar-refractivity contribution in [3.8, 4) is 0 Å². The summed E-state index contributed by atoms with van der Waals surface area (Å²) < 4.78 is 0. The highest BCUT2D eigenvalue weighted by Gasteiger charge is 2.20. The Morgan fingerprint density at radius 1 is 1.00 bits per heavy atom. The first-order valence-electron chi connectivity index (χ1n) is 3.55. The number of aliphatic hydroxyl groups is 2. The lowest BCUT2D eigenvalue weighted by Crippen LogP contribution is -2.14. The van der Waals surface area contributed by atoms with E-state index in [4.69, 9.17) is 10.2 Å². The number of hydrogen-bond acceptors (Lipinski definition) is 2. The molecule has 0 spiro atoms. The molecule has 1 radical (unpaired) electrons. The van der Waals surface area contributed by atoms with E-state index in [-0.39, 0.29) is 12.2 Å². The smallest absolute Gasteiger partial charge is 0.221 e. The van der Waals surface area contributed by atoms with Gasteiger partial charge in [0.15, 0.2) is 0 Å². The second-order valence-electron chi connectivity index (χ2n) is 2.69. The molecule has 1 aliphatic carbocycles. The lowest BCUT2D eigenvalue weighted by atomic mass is 9.89. The first-order valence-corrected chi connectivity index (χ1v) is 3.55. The molecule has 0 aliphatic heterocycles. The van der Waals surface area contributed by atoms with Crippen LogP contribution in [-0.2, 0) is 0 Å². The first kappa shape index (κ1) is 7.03. The summed E-state index contributed by atoms with van der Waals surface area (Å²) in [6, 6.07) is 0. The topological polar surface area (TPSA) is 40.5 Å². The molecule has 0 atom stereocenters. The Morgan fingerprint density at radius 3 is 1.89 bits per heavy atom. The maximum Gasteiger partial charge on any atom is 0.221 e. The van der Waals surface area contributed by atoms with E-state index in [1.54, 1.807) is 0 Å². The van der Waals surface area contributed by atoms with Crippen LogP contribution in [0.1, 0.15) is 32.1 Å². The van der Waals surface area contributed by atoms with Gasteiger partial charge in [-0.2, -0.15) is 0 Å². The molecule has 0 unspecified atom stereocenters. The van der Waals surface area contributed by atoms with Crippen LogP contribution in [0.2, 0.25) is 0 Å². The third-order valence-electron chi connectivity index (χ3n) is 1.97. The Balaban J connectivity index is 2.23. The summed E-state index contributed by atoms with van der Waals surface area (Å²) in [5, 5.41) is 17.3. The molecular formula is C7H13O2. The fourth-order valence-corrected chi connectivity index (χ4v) is 1.36. The van der Waals surface area contributed by atoms with Gasteiger partial charge in [-0.05, 0) is 12.8 Å². The van der Waals surface area contributed by atoms with Gasteiger partial charge in [-0.1, -0.05) is 19.3 Å². The molecule has 0 aromatic rings. The van der Waals surface area contributed by atoms with E-state index >= 15 is 0 Å². The second kappa shape index (κ2) is 3.18. The monoisotopic (exact) mass is 129 g/mol. The largest absolute Gasteiger partial charge is 0.361 e. The average molecular weight is 129 g/mol. The molecule has 0 aromatic carbocycles. The predicted octanol–water partition coefficient (Wildman–Crippen LogP) is 1.80. The SMILES string of the molecule is O[C](O)C1CCCCC1. The van der Waals surface area contributed by atoms with Crippen molar-refractivity contribution in [2.24, 2.45) is 5.92 Å². The summed E-state index contributed by atoms with van der Waals surface area (Å²) in [7, 11) is 0. The van der Waals surface area contributed by atoms with Gasteiger partial charge in [0, 0.05) is 5.92 Å². The van der Waals surface area contributed by atoms with Crippen molar-refractivity contribution >= 4 is 0 Å². The third kappa shape index (κ3) is 1.95. The first-order chi connectivity index (χ1) is 4.30. The summed E-state index contributed by atoms with van der Waals surface area (Å²) in [6.45, 7) is 0. The molecule has 2 N–H and O–H groups in total. The second-order valence-corrected chi connectivity index (χ2v) is 2.69. The van der Waals surface area contributed by atoms with Crippen LogP contribution < -0.4 is 0 Å². The van der Waals surface area contributed by atoms with Crippen LogP contribution in [0.4, 0.5) is 0 Å². The van der Waals surface area contributed by atoms with Crippen molar-refractivity contribution < 1.29 is 10.2 Å². The molecule has 2 heteroatoms. The van der Waals surface area contributed by atoms with E-state index in [0.717, 1.165) is 25.7 Å². The van der Waals surface area contributed by atoms with E-state index in [9.17, 15) is 0 Å². The van der Waals surface area contributed by atoms with Gasteiger partial charge in [0.2, 0.25) is 6.29 Å². The fourth-order valence-electron chi connectivity index (χ4n) is 1.36. The Morgan fingerprint density at radius 2 is 1.56 bits per heavy atom. The van der Waals surface area contributed by atoms with Crippen molar-refractivity contribution in [3.05, 3.63) is 6.29 Å².